The summed E-state index contributed by atoms with van der Waals surface area (Å²) < 4.78 is 0. The Morgan fingerprint density at radius 1 is 1.00 bits per heavy atom. The summed E-state index contributed by atoms with van der Waals surface area (Å²) >= 11 is 0. The van der Waals surface area contributed by atoms with Crippen LogP contribution < -0.4 is 0 Å². The van der Waals surface area contributed by atoms with Crippen molar-refractivity contribution in [3.05, 3.63) is 6.92 Å². The van der Waals surface area contributed by atoms with Crippen molar-refractivity contribution in [2.45, 2.75) is 52.9 Å². The molecule has 0 amide bonds. The third-order valence-corrected chi connectivity index (χ3v) is 2.96. The van der Waals surface area contributed by atoms with Crippen molar-refractivity contribution in [3.63, 3.8) is 0 Å². The fourth-order valence-electron chi connectivity index (χ4n) is 1.66. The summed E-state index contributed by atoms with van der Waals surface area (Å²) in [7, 11) is 0. The summed E-state index contributed by atoms with van der Waals surface area (Å²) in [6.45, 7) is 10.8. The van der Waals surface area contributed by atoms with Crippen molar-refractivity contribution >= 4 is 17.4 Å². The average Bonchev–Trinajstić information content (AvgIpc) is 2.01. The highest BCUT2D eigenvalue weighted by atomic mass is 27.0. The summed E-state index contributed by atoms with van der Waals surface area (Å²) in [6, 6.07) is 0. The molecule has 0 fully saturated rings. The van der Waals surface area contributed by atoms with Gasteiger partial charge in [-0.3, -0.25) is 0 Å². The fraction of sp³-hybridized carbons (Fsp3) is 0.900. The topological polar surface area (TPSA) is 0 Å². The standard InChI is InChI=1S/C10H21.Al.3H/c1-5-9-10(6-2,7-3)8-4;;;;/h1,5-9H2,2-4H3;;;;. The van der Waals surface area contributed by atoms with Gasteiger partial charge in [-0.2, -0.15) is 0 Å². The Morgan fingerprint density at radius 3 is 1.45 bits per heavy atom. The van der Waals surface area contributed by atoms with E-state index in [1.807, 2.05) is 0 Å². The van der Waals surface area contributed by atoms with E-state index >= 15 is 0 Å². The molecule has 1 radical (unpaired) electrons. The van der Waals surface area contributed by atoms with E-state index in [0.29, 0.717) is 5.41 Å². The normalized spacial score (nSPS) is 10.9. The van der Waals surface area contributed by atoms with Gasteiger partial charge in [0.15, 0.2) is 17.4 Å². The minimum absolute atomic E-state index is 0. The van der Waals surface area contributed by atoms with Gasteiger partial charge in [0.25, 0.3) is 0 Å². The lowest BCUT2D eigenvalue weighted by atomic mass is 9.76. The molecule has 11 heavy (non-hydrogen) atoms. The zero-order chi connectivity index (χ0) is 8.04. The third kappa shape index (κ3) is 4.19. The highest BCUT2D eigenvalue weighted by Crippen LogP contribution is 2.34. The SMILES string of the molecule is [AlH3].[CH2]CCC(CC)(CC)CC. The van der Waals surface area contributed by atoms with Crippen molar-refractivity contribution in [2.75, 3.05) is 0 Å². The van der Waals surface area contributed by atoms with E-state index in [-0.39, 0.29) is 17.4 Å². The van der Waals surface area contributed by atoms with E-state index in [4.69, 9.17) is 0 Å². The Balaban J connectivity index is 0. The number of hydrogen-bond acceptors (Lipinski definition) is 0. The van der Waals surface area contributed by atoms with Gasteiger partial charge in [-0.25, -0.2) is 0 Å². The second kappa shape index (κ2) is 7.20. The molecule has 0 saturated carbocycles. The summed E-state index contributed by atoms with van der Waals surface area (Å²) in [5, 5.41) is 0. The Bertz CT molecular complexity index is 66.7. The summed E-state index contributed by atoms with van der Waals surface area (Å²) in [6.07, 6.45) is 6.34. The molecule has 0 unspecified atom stereocenters. The van der Waals surface area contributed by atoms with Gasteiger partial charge in [-0.15, -0.1) is 0 Å². The smallest absolute Gasteiger partial charge is 0.0649 e. The second-order valence-corrected chi connectivity index (χ2v) is 3.16. The van der Waals surface area contributed by atoms with Gasteiger partial charge >= 0.3 is 0 Å². The van der Waals surface area contributed by atoms with Crippen LogP contribution in [0.15, 0.2) is 0 Å². The van der Waals surface area contributed by atoms with Crippen LogP contribution in [0.5, 0.6) is 0 Å². The van der Waals surface area contributed by atoms with Gasteiger partial charge in [0.1, 0.15) is 0 Å². The van der Waals surface area contributed by atoms with Crippen LogP contribution in [0.2, 0.25) is 0 Å². The lowest BCUT2D eigenvalue weighted by Gasteiger charge is -2.29. The maximum atomic E-state index is 3.91. The van der Waals surface area contributed by atoms with Crippen LogP contribution in [0.4, 0.5) is 0 Å². The fourth-order valence-corrected chi connectivity index (χ4v) is 1.66. The van der Waals surface area contributed by atoms with Gasteiger partial charge in [-0.05, 0) is 11.8 Å². The van der Waals surface area contributed by atoms with Crippen LogP contribution in [-0.2, 0) is 0 Å². The molecular weight excluding hydrogens is 147 g/mol. The molecule has 0 spiro atoms. The van der Waals surface area contributed by atoms with E-state index in [9.17, 15) is 0 Å². The first-order chi connectivity index (χ1) is 4.74. The molecular formula is C10H24Al. The van der Waals surface area contributed by atoms with E-state index in [1.54, 1.807) is 0 Å². The van der Waals surface area contributed by atoms with Gasteiger partial charge in [0.05, 0.1) is 0 Å². The van der Waals surface area contributed by atoms with Gasteiger partial charge in [-0.1, -0.05) is 53.4 Å². The Hall–Kier alpha value is 0.532. The predicted molar refractivity (Wildman–Crippen MR) is 57.8 cm³/mol. The minimum atomic E-state index is 0. The molecule has 0 atom stereocenters. The first-order valence-corrected chi connectivity index (χ1v) is 4.54. The minimum Gasteiger partial charge on any atom is -0.0649 e. The molecule has 0 aromatic rings. The molecule has 0 saturated heterocycles. The van der Waals surface area contributed by atoms with Crippen molar-refractivity contribution in [1.82, 2.24) is 0 Å². The third-order valence-electron chi connectivity index (χ3n) is 2.96. The Kier molecular flexibility index (Phi) is 9.21. The van der Waals surface area contributed by atoms with Gasteiger partial charge < -0.3 is 0 Å². The molecule has 0 aliphatic heterocycles. The number of hydrogen-bond donors (Lipinski definition) is 0. The summed E-state index contributed by atoms with van der Waals surface area (Å²) in [4.78, 5) is 0. The molecule has 0 bridgehead atoms. The van der Waals surface area contributed by atoms with Crippen molar-refractivity contribution < 1.29 is 0 Å². The highest BCUT2D eigenvalue weighted by Gasteiger charge is 2.21. The van der Waals surface area contributed by atoms with E-state index in [2.05, 4.69) is 27.7 Å². The van der Waals surface area contributed by atoms with Crippen LogP contribution >= 0.6 is 0 Å². The first-order valence-electron chi connectivity index (χ1n) is 4.54. The lowest BCUT2D eigenvalue weighted by Crippen LogP contribution is -2.16. The molecule has 0 heterocycles. The molecule has 0 aromatic heterocycles. The van der Waals surface area contributed by atoms with Crippen LogP contribution in [0.25, 0.3) is 0 Å². The number of rotatable bonds is 5. The van der Waals surface area contributed by atoms with Crippen LogP contribution in [0, 0.1) is 12.3 Å². The largest absolute Gasteiger partial charge is 0.187 e. The molecule has 0 aromatic carbocycles. The van der Waals surface area contributed by atoms with Crippen LogP contribution in [-0.4, -0.2) is 17.4 Å². The van der Waals surface area contributed by atoms with Crippen LogP contribution in [0.1, 0.15) is 52.9 Å². The molecule has 0 rings (SSSR count). The zero-order valence-electron chi connectivity index (χ0n) is 7.74. The Morgan fingerprint density at radius 2 is 1.36 bits per heavy atom. The van der Waals surface area contributed by atoms with E-state index in [1.165, 1.54) is 25.7 Å². The molecule has 0 nitrogen and oxygen atoms in total. The average molecular weight is 171 g/mol. The first kappa shape index (κ1) is 14.1. The monoisotopic (exact) mass is 171 g/mol. The van der Waals surface area contributed by atoms with Crippen LogP contribution in [0.3, 0.4) is 0 Å². The maximum absolute atomic E-state index is 3.91. The van der Waals surface area contributed by atoms with Crippen molar-refractivity contribution in [2.24, 2.45) is 5.41 Å². The summed E-state index contributed by atoms with van der Waals surface area (Å²) in [5.41, 5.74) is 0.613. The summed E-state index contributed by atoms with van der Waals surface area (Å²) in [5.74, 6) is 0. The van der Waals surface area contributed by atoms with E-state index < -0.39 is 0 Å². The molecule has 67 valence electrons. The zero-order valence-corrected chi connectivity index (χ0v) is 7.74. The Labute approximate surface area is 82.9 Å². The lowest BCUT2D eigenvalue weighted by molar-refractivity contribution is 0.230. The molecule has 0 aliphatic rings. The second-order valence-electron chi connectivity index (χ2n) is 3.16. The quantitative estimate of drug-likeness (QED) is 0.558. The van der Waals surface area contributed by atoms with Gasteiger partial charge in [0.2, 0.25) is 0 Å². The maximum Gasteiger partial charge on any atom is 0.187 e. The molecule has 0 N–H and O–H groups in total. The molecule has 1 heteroatoms. The molecule has 0 aliphatic carbocycles. The highest BCUT2D eigenvalue weighted by molar-refractivity contribution is 5.75. The van der Waals surface area contributed by atoms with E-state index in [0.717, 1.165) is 6.42 Å². The van der Waals surface area contributed by atoms with Crippen molar-refractivity contribution in [3.8, 4) is 0 Å². The van der Waals surface area contributed by atoms with Gasteiger partial charge in [0, 0.05) is 0 Å². The predicted octanol–water partition coefficient (Wildman–Crippen LogP) is 2.63. The van der Waals surface area contributed by atoms with Crippen molar-refractivity contribution in [1.29, 1.82) is 0 Å².